The molecule has 0 bridgehead atoms. The summed E-state index contributed by atoms with van der Waals surface area (Å²) in [6, 6.07) is 10.9. The first-order valence-electron chi connectivity index (χ1n) is 9.00. The minimum atomic E-state index is -0.443. The van der Waals surface area contributed by atoms with Crippen LogP contribution in [0.25, 0.3) is 0 Å². The molecule has 0 spiro atoms. The average Bonchev–Trinajstić information content (AvgIpc) is 2.68. The first-order chi connectivity index (χ1) is 13.0. The quantitative estimate of drug-likeness (QED) is 0.857. The van der Waals surface area contributed by atoms with Crippen molar-refractivity contribution in [2.45, 2.75) is 31.8 Å². The van der Waals surface area contributed by atoms with Crippen LogP contribution in [0.15, 0.2) is 46.0 Å². The van der Waals surface area contributed by atoms with Gasteiger partial charge in [0.2, 0.25) is 0 Å². The summed E-state index contributed by atoms with van der Waals surface area (Å²) in [7, 11) is 1.34. The van der Waals surface area contributed by atoms with E-state index in [9.17, 15) is 14.4 Å². The Bertz CT molecular complexity index is 867. The summed E-state index contributed by atoms with van der Waals surface area (Å²) in [5, 5.41) is 3.16. The largest absolute Gasteiger partial charge is 0.453 e. The zero-order chi connectivity index (χ0) is 19.4. The van der Waals surface area contributed by atoms with Gasteiger partial charge < -0.3 is 15.0 Å². The van der Waals surface area contributed by atoms with Crippen molar-refractivity contribution in [1.82, 2.24) is 14.5 Å². The number of carbonyl (C=O) groups excluding carboxylic acids is 1. The molecule has 1 atom stereocenters. The monoisotopic (exact) mass is 372 g/mol. The van der Waals surface area contributed by atoms with E-state index in [2.05, 4.69) is 10.3 Å². The van der Waals surface area contributed by atoms with Crippen molar-refractivity contribution < 1.29 is 9.53 Å². The maximum absolute atomic E-state index is 12.5. The van der Waals surface area contributed by atoms with Gasteiger partial charge in [0.25, 0.3) is 5.56 Å². The predicted octanol–water partition coefficient (Wildman–Crippen LogP) is 2.11. The molecule has 1 fully saturated rings. The smallest absolute Gasteiger partial charge is 0.409 e. The van der Waals surface area contributed by atoms with Crippen LogP contribution < -0.4 is 16.6 Å². The fraction of sp³-hybridized carbons (Fsp3) is 0.421. The van der Waals surface area contributed by atoms with E-state index in [-0.39, 0.29) is 23.7 Å². The summed E-state index contributed by atoms with van der Waals surface area (Å²) in [5.74, 6) is 0.393. The molecular weight excluding hydrogens is 348 g/mol. The fourth-order valence-corrected chi connectivity index (χ4v) is 3.42. The topological polar surface area (TPSA) is 96.4 Å². The van der Waals surface area contributed by atoms with Crippen molar-refractivity contribution in [2.24, 2.45) is 0 Å². The number of H-pyrrole nitrogens is 1. The highest BCUT2D eigenvalue weighted by Gasteiger charge is 2.26. The van der Waals surface area contributed by atoms with Gasteiger partial charge >= 0.3 is 11.8 Å². The van der Waals surface area contributed by atoms with E-state index in [0.717, 1.165) is 5.56 Å². The minimum Gasteiger partial charge on any atom is -0.453 e. The number of aromatic nitrogens is 2. The summed E-state index contributed by atoms with van der Waals surface area (Å²) in [4.78, 5) is 41.0. The number of amides is 1. The summed E-state index contributed by atoms with van der Waals surface area (Å²) in [6.07, 6.45) is 0.681. The van der Waals surface area contributed by atoms with Crippen molar-refractivity contribution in [3.05, 3.63) is 62.8 Å². The molecule has 0 saturated carbocycles. The first kappa shape index (κ1) is 18.8. The molecule has 1 saturated heterocycles. The third-order valence-electron chi connectivity index (χ3n) is 4.90. The molecule has 3 rings (SSSR count). The van der Waals surface area contributed by atoms with Gasteiger partial charge in [-0.15, -0.1) is 0 Å². The third kappa shape index (κ3) is 4.21. The first-order valence-corrected chi connectivity index (χ1v) is 9.00. The number of hydrogen-bond acceptors (Lipinski definition) is 5. The van der Waals surface area contributed by atoms with Gasteiger partial charge in [-0.25, -0.2) is 9.59 Å². The second-order valence-electron chi connectivity index (χ2n) is 6.66. The number of nitrogens with one attached hydrogen (secondary N) is 2. The highest BCUT2D eigenvalue weighted by Crippen LogP contribution is 2.21. The molecule has 0 radical (unpaired) electrons. The lowest BCUT2D eigenvalue weighted by Crippen LogP contribution is -2.45. The molecule has 8 heteroatoms. The number of nitrogens with zero attached hydrogens (tertiary/aromatic N) is 2. The Labute approximate surface area is 156 Å². The number of benzene rings is 1. The number of hydrogen-bond donors (Lipinski definition) is 2. The highest BCUT2D eigenvalue weighted by molar-refractivity contribution is 5.67. The van der Waals surface area contributed by atoms with Gasteiger partial charge in [-0.2, -0.15) is 0 Å². The SMILES string of the molecule is COC(=O)N1CCC(n2c(=O)cc(NC(C)c3ccccc3)[nH]c2=O)CC1. The minimum absolute atomic E-state index is 0.0552. The lowest BCUT2D eigenvalue weighted by atomic mass is 10.1. The molecule has 1 aromatic heterocycles. The highest BCUT2D eigenvalue weighted by atomic mass is 16.5. The average molecular weight is 372 g/mol. The van der Waals surface area contributed by atoms with Crippen LogP contribution in [0.3, 0.4) is 0 Å². The molecule has 1 amide bonds. The van der Waals surface area contributed by atoms with Crippen molar-refractivity contribution in [2.75, 3.05) is 25.5 Å². The molecule has 1 aromatic carbocycles. The molecule has 8 nitrogen and oxygen atoms in total. The Morgan fingerprint density at radius 3 is 2.48 bits per heavy atom. The number of methoxy groups -OCH3 is 1. The molecule has 144 valence electrons. The van der Waals surface area contributed by atoms with Crippen LogP contribution in [-0.4, -0.2) is 40.7 Å². The molecule has 2 heterocycles. The number of aromatic amines is 1. The normalized spacial score (nSPS) is 16.0. The van der Waals surface area contributed by atoms with E-state index in [1.54, 1.807) is 4.90 Å². The molecule has 1 aliphatic rings. The molecule has 2 aromatic rings. The van der Waals surface area contributed by atoms with E-state index in [1.807, 2.05) is 37.3 Å². The predicted molar refractivity (Wildman–Crippen MR) is 102 cm³/mol. The lowest BCUT2D eigenvalue weighted by molar-refractivity contribution is 0.106. The van der Waals surface area contributed by atoms with E-state index >= 15 is 0 Å². The van der Waals surface area contributed by atoms with Gasteiger partial charge in [-0.3, -0.25) is 14.3 Å². The number of anilines is 1. The lowest BCUT2D eigenvalue weighted by Gasteiger charge is -2.31. The van der Waals surface area contributed by atoms with Crippen LogP contribution >= 0.6 is 0 Å². The van der Waals surface area contributed by atoms with Crippen molar-refractivity contribution >= 4 is 11.9 Å². The Morgan fingerprint density at radius 1 is 1.22 bits per heavy atom. The van der Waals surface area contributed by atoms with Crippen LogP contribution in [0, 0.1) is 0 Å². The van der Waals surface area contributed by atoms with Crippen molar-refractivity contribution in [3.63, 3.8) is 0 Å². The molecule has 2 N–H and O–H groups in total. The zero-order valence-corrected chi connectivity index (χ0v) is 15.5. The number of ether oxygens (including phenoxy) is 1. The Kier molecular flexibility index (Phi) is 5.63. The molecular formula is C19H24N4O4. The Morgan fingerprint density at radius 2 is 1.89 bits per heavy atom. The van der Waals surface area contributed by atoms with Crippen LogP contribution in [-0.2, 0) is 4.74 Å². The second kappa shape index (κ2) is 8.11. The van der Waals surface area contributed by atoms with Crippen LogP contribution in [0.1, 0.15) is 37.4 Å². The fourth-order valence-electron chi connectivity index (χ4n) is 3.42. The summed E-state index contributed by atoms with van der Waals surface area (Å²) in [5.41, 5.74) is 0.262. The number of likely N-dealkylation sites (tertiary alicyclic amines) is 1. The van der Waals surface area contributed by atoms with Crippen LogP contribution in [0.5, 0.6) is 0 Å². The van der Waals surface area contributed by atoms with Gasteiger partial charge in [-0.1, -0.05) is 30.3 Å². The van der Waals surface area contributed by atoms with E-state index in [1.165, 1.54) is 17.7 Å². The molecule has 27 heavy (non-hydrogen) atoms. The van der Waals surface area contributed by atoms with Crippen molar-refractivity contribution in [1.29, 1.82) is 0 Å². The number of carbonyl (C=O) groups is 1. The number of rotatable bonds is 4. The maximum atomic E-state index is 12.5. The zero-order valence-electron chi connectivity index (χ0n) is 15.5. The van der Waals surface area contributed by atoms with Crippen LogP contribution in [0.4, 0.5) is 10.6 Å². The molecule has 1 aliphatic heterocycles. The van der Waals surface area contributed by atoms with Gasteiger partial charge in [0.1, 0.15) is 5.82 Å². The van der Waals surface area contributed by atoms with E-state index in [4.69, 9.17) is 4.74 Å². The second-order valence-corrected chi connectivity index (χ2v) is 6.66. The number of piperidine rings is 1. The van der Waals surface area contributed by atoms with Crippen molar-refractivity contribution in [3.8, 4) is 0 Å². The Hall–Kier alpha value is -3.03. The van der Waals surface area contributed by atoms with Crippen LogP contribution in [0.2, 0.25) is 0 Å². The van der Waals surface area contributed by atoms with Gasteiger partial charge in [0.05, 0.1) is 7.11 Å². The Balaban J connectivity index is 1.73. The molecule has 1 unspecified atom stereocenters. The van der Waals surface area contributed by atoms with Gasteiger partial charge in [-0.05, 0) is 25.3 Å². The van der Waals surface area contributed by atoms with E-state index in [0.29, 0.717) is 31.7 Å². The van der Waals surface area contributed by atoms with Gasteiger partial charge in [0, 0.05) is 31.2 Å². The van der Waals surface area contributed by atoms with Gasteiger partial charge in [0.15, 0.2) is 0 Å². The third-order valence-corrected chi connectivity index (χ3v) is 4.90. The molecule has 0 aliphatic carbocycles. The van der Waals surface area contributed by atoms with E-state index < -0.39 is 5.69 Å². The maximum Gasteiger partial charge on any atom is 0.409 e. The summed E-state index contributed by atoms with van der Waals surface area (Å²) >= 11 is 0. The summed E-state index contributed by atoms with van der Waals surface area (Å²) < 4.78 is 5.95. The standard InChI is InChI=1S/C19H24N4O4/c1-13(14-6-4-3-5-7-14)20-16-12-17(24)23(18(25)21-16)15-8-10-22(11-9-15)19(26)27-2/h3-7,12-13,15,20H,8-11H2,1-2H3,(H,21,25). The summed E-state index contributed by atoms with van der Waals surface area (Å²) in [6.45, 7) is 2.87.